The Labute approximate surface area is 118 Å². The molecule has 0 saturated heterocycles. The van der Waals surface area contributed by atoms with E-state index in [9.17, 15) is 13.6 Å². The number of nitrogens with one attached hydrogen (secondary N) is 1. The number of hydrogen-bond donors (Lipinski definition) is 1. The Morgan fingerprint density at radius 1 is 1.20 bits per heavy atom. The molecule has 0 bridgehead atoms. The van der Waals surface area contributed by atoms with E-state index in [1.165, 1.54) is 6.07 Å². The molecule has 1 amide bonds. The van der Waals surface area contributed by atoms with Gasteiger partial charge in [-0.1, -0.05) is 0 Å². The molecule has 1 saturated carbocycles. The average molecular weight is 282 g/mol. The van der Waals surface area contributed by atoms with Crippen LogP contribution in [0.2, 0.25) is 0 Å². The van der Waals surface area contributed by atoms with Crippen LogP contribution in [0.4, 0.5) is 8.78 Å². The van der Waals surface area contributed by atoms with E-state index < -0.39 is 11.6 Å². The van der Waals surface area contributed by atoms with Crippen molar-refractivity contribution in [1.29, 1.82) is 0 Å². The van der Waals surface area contributed by atoms with Gasteiger partial charge in [0.1, 0.15) is 0 Å². The molecule has 20 heavy (non-hydrogen) atoms. The van der Waals surface area contributed by atoms with Gasteiger partial charge in [0.15, 0.2) is 11.6 Å². The Kier molecular flexibility index (Phi) is 4.70. The highest BCUT2D eigenvalue weighted by atomic mass is 19.2. The lowest BCUT2D eigenvalue weighted by Crippen LogP contribution is -2.42. The summed E-state index contributed by atoms with van der Waals surface area (Å²) < 4.78 is 26.1. The monoisotopic (exact) mass is 282 g/mol. The quantitative estimate of drug-likeness (QED) is 0.924. The van der Waals surface area contributed by atoms with Crippen molar-refractivity contribution in [3.05, 3.63) is 35.4 Å². The second kappa shape index (κ2) is 6.31. The first-order valence-corrected chi connectivity index (χ1v) is 6.92. The molecule has 1 aliphatic carbocycles. The third kappa shape index (κ3) is 3.15. The topological polar surface area (TPSA) is 32.3 Å². The van der Waals surface area contributed by atoms with Crippen LogP contribution in [0.3, 0.4) is 0 Å². The second-order valence-corrected chi connectivity index (χ2v) is 5.34. The Morgan fingerprint density at radius 3 is 2.40 bits per heavy atom. The molecule has 0 radical (unpaired) electrons. The van der Waals surface area contributed by atoms with E-state index in [1.807, 2.05) is 7.05 Å². The van der Waals surface area contributed by atoms with E-state index >= 15 is 0 Å². The van der Waals surface area contributed by atoms with Crippen LogP contribution in [0.25, 0.3) is 0 Å². The Balaban J connectivity index is 2.03. The maximum Gasteiger partial charge on any atom is 0.253 e. The molecule has 0 aliphatic heterocycles. The van der Waals surface area contributed by atoms with Gasteiger partial charge in [-0.25, -0.2) is 8.78 Å². The first kappa shape index (κ1) is 14.9. The molecule has 5 heteroatoms. The second-order valence-electron chi connectivity index (χ2n) is 5.34. The van der Waals surface area contributed by atoms with E-state index in [0.29, 0.717) is 6.04 Å². The van der Waals surface area contributed by atoms with Gasteiger partial charge in [0.25, 0.3) is 5.91 Å². The summed E-state index contributed by atoms with van der Waals surface area (Å²) in [7, 11) is 3.68. The number of halogens is 2. The summed E-state index contributed by atoms with van der Waals surface area (Å²) in [5, 5.41) is 3.24. The normalized spacial score (nSPS) is 22.6. The lowest BCUT2D eigenvalue weighted by Gasteiger charge is -2.34. The molecule has 0 aromatic heterocycles. The van der Waals surface area contributed by atoms with Crippen LogP contribution in [0.15, 0.2) is 18.2 Å². The fourth-order valence-electron chi connectivity index (χ4n) is 2.75. The van der Waals surface area contributed by atoms with Crippen LogP contribution >= 0.6 is 0 Å². The predicted molar refractivity (Wildman–Crippen MR) is 73.6 cm³/mol. The minimum Gasteiger partial charge on any atom is -0.339 e. The zero-order valence-corrected chi connectivity index (χ0v) is 11.8. The highest BCUT2D eigenvalue weighted by Crippen LogP contribution is 2.23. The minimum absolute atomic E-state index is 0.167. The van der Waals surface area contributed by atoms with E-state index in [1.54, 1.807) is 11.9 Å². The number of hydrogen-bond acceptors (Lipinski definition) is 2. The average Bonchev–Trinajstić information content (AvgIpc) is 2.48. The number of amides is 1. The summed E-state index contributed by atoms with van der Waals surface area (Å²) >= 11 is 0. The molecule has 0 atom stereocenters. The molecular weight excluding hydrogens is 262 g/mol. The molecule has 3 nitrogen and oxygen atoms in total. The SMILES string of the molecule is CNC1CCC(N(C)C(=O)c2ccc(F)c(F)c2)CC1. The summed E-state index contributed by atoms with van der Waals surface area (Å²) in [6.45, 7) is 0. The molecular formula is C15H20F2N2O. The first-order valence-electron chi connectivity index (χ1n) is 6.92. The van der Waals surface area contributed by atoms with Crippen LogP contribution in [-0.4, -0.2) is 37.0 Å². The fraction of sp³-hybridized carbons (Fsp3) is 0.533. The van der Waals surface area contributed by atoms with Gasteiger partial charge in [-0.05, 0) is 50.9 Å². The minimum atomic E-state index is -0.983. The van der Waals surface area contributed by atoms with Gasteiger partial charge < -0.3 is 10.2 Å². The van der Waals surface area contributed by atoms with Crippen LogP contribution in [0.1, 0.15) is 36.0 Å². The molecule has 0 heterocycles. The molecule has 1 aromatic rings. The van der Waals surface area contributed by atoms with Crippen LogP contribution < -0.4 is 5.32 Å². The van der Waals surface area contributed by atoms with Gasteiger partial charge in [-0.2, -0.15) is 0 Å². The van der Waals surface area contributed by atoms with Crippen LogP contribution in [0, 0.1) is 11.6 Å². The highest BCUT2D eigenvalue weighted by Gasteiger charge is 2.26. The van der Waals surface area contributed by atoms with Crippen molar-refractivity contribution in [1.82, 2.24) is 10.2 Å². The van der Waals surface area contributed by atoms with Gasteiger partial charge >= 0.3 is 0 Å². The molecule has 2 rings (SSSR count). The summed E-state index contributed by atoms with van der Waals surface area (Å²) in [4.78, 5) is 13.9. The Morgan fingerprint density at radius 2 is 1.85 bits per heavy atom. The summed E-state index contributed by atoms with van der Waals surface area (Å²) in [6.07, 6.45) is 3.90. The standard InChI is InChI=1S/C15H20F2N2O/c1-18-11-4-6-12(7-5-11)19(2)15(20)10-3-8-13(16)14(17)9-10/h3,8-9,11-12,18H,4-7H2,1-2H3. The van der Waals surface area contributed by atoms with Gasteiger partial charge in [0.05, 0.1) is 0 Å². The predicted octanol–water partition coefficient (Wildman–Crippen LogP) is 2.57. The molecule has 0 spiro atoms. The molecule has 1 N–H and O–H groups in total. The molecule has 110 valence electrons. The number of benzene rings is 1. The zero-order chi connectivity index (χ0) is 14.7. The van der Waals surface area contributed by atoms with Crippen molar-refractivity contribution < 1.29 is 13.6 Å². The van der Waals surface area contributed by atoms with Gasteiger partial charge in [0.2, 0.25) is 0 Å². The lowest BCUT2D eigenvalue weighted by molar-refractivity contribution is 0.0685. The number of carbonyl (C=O) groups is 1. The van der Waals surface area contributed by atoms with E-state index in [0.717, 1.165) is 37.8 Å². The van der Waals surface area contributed by atoms with Crippen LogP contribution in [0.5, 0.6) is 0 Å². The third-order valence-electron chi connectivity index (χ3n) is 4.14. The van der Waals surface area contributed by atoms with E-state index in [4.69, 9.17) is 0 Å². The summed E-state index contributed by atoms with van der Waals surface area (Å²) in [5.41, 5.74) is 0.196. The Bertz CT molecular complexity index is 485. The number of nitrogens with zero attached hydrogens (tertiary/aromatic N) is 1. The maximum absolute atomic E-state index is 13.2. The maximum atomic E-state index is 13.2. The zero-order valence-electron chi connectivity index (χ0n) is 11.8. The van der Waals surface area contributed by atoms with Gasteiger partial charge in [-0.15, -0.1) is 0 Å². The van der Waals surface area contributed by atoms with Crippen molar-refractivity contribution >= 4 is 5.91 Å². The van der Waals surface area contributed by atoms with Crippen molar-refractivity contribution in [3.8, 4) is 0 Å². The molecule has 1 fully saturated rings. The van der Waals surface area contributed by atoms with Crippen molar-refractivity contribution in [2.75, 3.05) is 14.1 Å². The van der Waals surface area contributed by atoms with Crippen molar-refractivity contribution in [2.45, 2.75) is 37.8 Å². The molecule has 1 aromatic carbocycles. The third-order valence-corrected chi connectivity index (χ3v) is 4.14. The van der Waals surface area contributed by atoms with Gasteiger partial charge in [0, 0.05) is 24.7 Å². The van der Waals surface area contributed by atoms with Gasteiger partial charge in [-0.3, -0.25) is 4.79 Å². The van der Waals surface area contributed by atoms with Crippen molar-refractivity contribution in [2.24, 2.45) is 0 Å². The number of carbonyl (C=O) groups excluding carboxylic acids is 1. The highest BCUT2D eigenvalue weighted by molar-refractivity contribution is 5.94. The fourth-order valence-corrected chi connectivity index (χ4v) is 2.75. The van der Waals surface area contributed by atoms with Crippen molar-refractivity contribution in [3.63, 3.8) is 0 Å². The number of rotatable bonds is 3. The summed E-state index contributed by atoms with van der Waals surface area (Å²) in [6, 6.07) is 3.97. The summed E-state index contributed by atoms with van der Waals surface area (Å²) in [5.74, 6) is -2.17. The van der Waals surface area contributed by atoms with Crippen LogP contribution in [-0.2, 0) is 0 Å². The lowest BCUT2D eigenvalue weighted by atomic mass is 9.90. The Hall–Kier alpha value is -1.49. The molecule has 1 aliphatic rings. The van der Waals surface area contributed by atoms with E-state index in [-0.39, 0.29) is 17.5 Å². The molecule has 0 unspecified atom stereocenters. The largest absolute Gasteiger partial charge is 0.339 e. The smallest absolute Gasteiger partial charge is 0.253 e. The first-order chi connectivity index (χ1) is 9.52. The van der Waals surface area contributed by atoms with E-state index in [2.05, 4.69) is 5.32 Å².